The molecule has 16 heavy (non-hydrogen) atoms. The zero-order valence-electron chi connectivity index (χ0n) is 9.05. The number of carbonyl (C=O) groups is 1. The molecule has 1 rings (SSSR count). The predicted octanol–water partition coefficient (Wildman–Crippen LogP) is 2.67. The molecule has 0 aliphatic carbocycles. The summed E-state index contributed by atoms with van der Waals surface area (Å²) in [6.07, 6.45) is 1.94. The number of nitrogens with one attached hydrogen (secondary N) is 1. The number of hydrogen-bond donors (Lipinski definition) is 2. The molecule has 0 aliphatic heterocycles. The maximum Gasteiger partial charge on any atom is 0.219 e. The van der Waals surface area contributed by atoms with Gasteiger partial charge in [-0.05, 0) is 51.8 Å². The van der Waals surface area contributed by atoms with Crippen LogP contribution in [0.25, 0.3) is 0 Å². The summed E-state index contributed by atoms with van der Waals surface area (Å²) in [4.78, 5) is 15.1. The number of nitrogens with zero attached hydrogens (tertiary/aromatic N) is 1. The van der Waals surface area contributed by atoms with Gasteiger partial charge in [-0.25, -0.2) is 4.98 Å². The summed E-state index contributed by atoms with van der Waals surface area (Å²) in [5.74, 6) is 0.347. The molecule has 3 N–H and O–H groups in total. The molecule has 0 saturated heterocycles. The van der Waals surface area contributed by atoms with Gasteiger partial charge < -0.3 is 11.1 Å². The van der Waals surface area contributed by atoms with Crippen molar-refractivity contribution in [3.8, 4) is 0 Å². The highest BCUT2D eigenvalue weighted by molar-refractivity contribution is 9.11. The molecule has 0 fully saturated rings. The van der Waals surface area contributed by atoms with E-state index in [9.17, 15) is 4.79 Å². The van der Waals surface area contributed by atoms with Crippen molar-refractivity contribution in [2.75, 3.05) is 5.32 Å². The quantitative estimate of drug-likeness (QED) is 0.877. The monoisotopic (exact) mass is 349 g/mol. The summed E-state index contributed by atoms with van der Waals surface area (Å²) < 4.78 is 1.72. The molecule has 1 aromatic rings. The van der Waals surface area contributed by atoms with Crippen molar-refractivity contribution >= 4 is 43.6 Å². The number of nitrogens with two attached hydrogens (primary N) is 1. The van der Waals surface area contributed by atoms with Gasteiger partial charge in [0.1, 0.15) is 5.82 Å². The van der Waals surface area contributed by atoms with Gasteiger partial charge in [-0.15, -0.1) is 0 Å². The van der Waals surface area contributed by atoms with E-state index in [1.54, 1.807) is 6.20 Å². The van der Waals surface area contributed by atoms with Crippen LogP contribution < -0.4 is 11.1 Å². The van der Waals surface area contributed by atoms with Crippen LogP contribution in [0.3, 0.4) is 0 Å². The Morgan fingerprint density at radius 3 is 2.69 bits per heavy atom. The van der Waals surface area contributed by atoms with Gasteiger partial charge in [0.05, 0.1) is 4.47 Å². The van der Waals surface area contributed by atoms with Gasteiger partial charge in [0.2, 0.25) is 5.91 Å². The highest BCUT2D eigenvalue weighted by atomic mass is 79.9. The molecule has 4 nitrogen and oxygen atoms in total. The normalized spacial score (nSPS) is 11.2. The second-order valence-corrected chi connectivity index (χ2v) is 5.91. The van der Waals surface area contributed by atoms with Crippen LogP contribution in [0.1, 0.15) is 20.3 Å². The van der Waals surface area contributed by atoms with Crippen LogP contribution in [0.4, 0.5) is 5.82 Å². The topological polar surface area (TPSA) is 68.0 Å². The number of carbonyl (C=O) groups excluding carboxylic acids is 1. The van der Waals surface area contributed by atoms with Crippen molar-refractivity contribution in [1.29, 1.82) is 0 Å². The third kappa shape index (κ3) is 4.09. The lowest BCUT2D eigenvalue weighted by atomic mass is 10.0. The van der Waals surface area contributed by atoms with E-state index in [4.69, 9.17) is 5.73 Å². The van der Waals surface area contributed by atoms with Crippen LogP contribution in [0.15, 0.2) is 21.2 Å². The van der Waals surface area contributed by atoms with Crippen molar-refractivity contribution in [3.05, 3.63) is 21.2 Å². The molecule has 0 bridgehead atoms. The van der Waals surface area contributed by atoms with Crippen LogP contribution in [-0.2, 0) is 4.79 Å². The summed E-state index contributed by atoms with van der Waals surface area (Å²) in [5.41, 5.74) is 4.75. The van der Waals surface area contributed by atoms with Crippen LogP contribution in [0.2, 0.25) is 0 Å². The average Bonchev–Trinajstić information content (AvgIpc) is 2.07. The first-order valence-corrected chi connectivity index (χ1v) is 6.26. The van der Waals surface area contributed by atoms with Gasteiger partial charge in [0.25, 0.3) is 0 Å². The maximum atomic E-state index is 10.9. The third-order valence-corrected chi connectivity index (χ3v) is 2.92. The van der Waals surface area contributed by atoms with E-state index >= 15 is 0 Å². The number of rotatable bonds is 4. The van der Waals surface area contributed by atoms with Gasteiger partial charge in [-0.1, -0.05) is 0 Å². The summed E-state index contributed by atoms with van der Waals surface area (Å²) >= 11 is 6.72. The molecule has 1 amide bonds. The molecule has 6 heteroatoms. The summed E-state index contributed by atoms with van der Waals surface area (Å²) in [6.45, 7) is 3.79. The van der Waals surface area contributed by atoms with E-state index in [0.29, 0.717) is 5.82 Å². The van der Waals surface area contributed by atoms with Gasteiger partial charge in [0, 0.05) is 22.6 Å². The minimum atomic E-state index is -0.421. The molecule has 1 heterocycles. The highest BCUT2D eigenvalue weighted by Crippen LogP contribution is 2.26. The first kappa shape index (κ1) is 13.4. The Morgan fingerprint density at radius 2 is 2.19 bits per heavy atom. The molecule has 0 spiro atoms. The molecule has 0 atom stereocenters. The first-order valence-electron chi connectivity index (χ1n) is 4.68. The van der Waals surface area contributed by atoms with E-state index in [1.165, 1.54) is 0 Å². The number of amides is 1. The first-order chi connectivity index (χ1) is 7.30. The Hall–Kier alpha value is -0.620. The fourth-order valence-electron chi connectivity index (χ4n) is 1.31. The zero-order valence-corrected chi connectivity index (χ0v) is 12.2. The van der Waals surface area contributed by atoms with E-state index in [2.05, 4.69) is 42.2 Å². The Morgan fingerprint density at radius 1 is 1.56 bits per heavy atom. The molecule has 0 radical (unpaired) electrons. The van der Waals surface area contributed by atoms with Crippen LogP contribution in [-0.4, -0.2) is 16.4 Å². The number of aromatic nitrogens is 1. The Balaban J connectivity index is 2.83. The van der Waals surface area contributed by atoms with E-state index < -0.39 is 5.54 Å². The third-order valence-electron chi connectivity index (χ3n) is 1.88. The maximum absolute atomic E-state index is 10.9. The van der Waals surface area contributed by atoms with Crippen LogP contribution in [0.5, 0.6) is 0 Å². The number of hydrogen-bond acceptors (Lipinski definition) is 3. The SMILES string of the molecule is CC(C)(CC(N)=O)Nc1ncc(Br)cc1Br. The standard InChI is InChI=1S/C10H13Br2N3O/c1-10(2,4-8(13)16)15-9-7(12)3-6(11)5-14-9/h3,5H,4H2,1-2H3,(H2,13,16)(H,14,15). The molecule has 0 unspecified atom stereocenters. The lowest BCUT2D eigenvalue weighted by Crippen LogP contribution is -2.36. The number of anilines is 1. The number of halogens is 2. The lowest BCUT2D eigenvalue weighted by molar-refractivity contribution is -0.118. The second-order valence-electron chi connectivity index (χ2n) is 4.14. The average molecular weight is 351 g/mol. The smallest absolute Gasteiger partial charge is 0.219 e. The Kier molecular flexibility index (Phi) is 4.32. The molecule has 0 aliphatic rings. The second kappa shape index (κ2) is 5.14. The molecule has 0 aromatic carbocycles. The zero-order chi connectivity index (χ0) is 12.3. The molecular formula is C10H13Br2N3O. The number of pyridine rings is 1. The molecular weight excluding hydrogens is 338 g/mol. The lowest BCUT2D eigenvalue weighted by Gasteiger charge is -2.26. The van der Waals surface area contributed by atoms with E-state index in [1.807, 2.05) is 19.9 Å². The van der Waals surface area contributed by atoms with Crippen molar-refractivity contribution in [2.24, 2.45) is 5.73 Å². The highest BCUT2D eigenvalue weighted by Gasteiger charge is 2.21. The van der Waals surface area contributed by atoms with Crippen molar-refractivity contribution in [1.82, 2.24) is 4.98 Å². The molecule has 0 saturated carbocycles. The van der Waals surface area contributed by atoms with Crippen molar-refractivity contribution < 1.29 is 4.79 Å². The van der Waals surface area contributed by atoms with Gasteiger partial charge in [-0.3, -0.25) is 4.79 Å². The minimum absolute atomic E-state index is 0.247. The van der Waals surface area contributed by atoms with Gasteiger partial charge in [0.15, 0.2) is 0 Å². The largest absolute Gasteiger partial charge is 0.370 e. The number of primary amides is 1. The van der Waals surface area contributed by atoms with Gasteiger partial charge in [-0.2, -0.15) is 0 Å². The van der Waals surface area contributed by atoms with Crippen molar-refractivity contribution in [2.45, 2.75) is 25.8 Å². The Labute approximate surface area is 111 Å². The van der Waals surface area contributed by atoms with Crippen molar-refractivity contribution in [3.63, 3.8) is 0 Å². The molecule has 1 aromatic heterocycles. The van der Waals surface area contributed by atoms with Crippen LogP contribution in [0, 0.1) is 0 Å². The Bertz CT molecular complexity index is 407. The fraction of sp³-hybridized carbons (Fsp3) is 0.400. The van der Waals surface area contributed by atoms with E-state index in [-0.39, 0.29) is 12.3 Å². The summed E-state index contributed by atoms with van der Waals surface area (Å²) in [5, 5.41) is 3.17. The van der Waals surface area contributed by atoms with E-state index in [0.717, 1.165) is 8.95 Å². The minimum Gasteiger partial charge on any atom is -0.370 e. The predicted molar refractivity (Wildman–Crippen MR) is 71.2 cm³/mol. The van der Waals surface area contributed by atoms with Crippen LogP contribution >= 0.6 is 31.9 Å². The summed E-state index contributed by atoms with van der Waals surface area (Å²) in [7, 11) is 0. The van der Waals surface area contributed by atoms with Gasteiger partial charge >= 0.3 is 0 Å². The summed E-state index contributed by atoms with van der Waals surface area (Å²) in [6, 6.07) is 1.88. The fourth-order valence-corrected chi connectivity index (χ4v) is 2.39. The molecule has 88 valence electrons.